The molecule has 1 nitrogen and oxygen atoms in total. The van der Waals surface area contributed by atoms with Crippen LogP contribution in [0.1, 0.15) is 15.1 Å². The van der Waals surface area contributed by atoms with E-state index in [4.69, 9.17) is 9.90 Å². The fourth-order valence-corrected chi connectivity index (χ4v) is 6.21. The predicted octanol–water partition coefficient (Wildman–Crippen LogP) is 12.6. The van der Waals surface area contributed by atoms with Gasteiger partial charge in [0.15, 0.2) is 0 Å². The minimum absolute atomic E-state index is 0.0109. The lowest BCUT2D eigenvalue weighted by Crippen LogP contribution is -1.93. The molecule has 0 amide bonds. The first kappa shape index (κ1) is 16.8. The van der Waals surface area contributed by atoms with Crippen molar-refractivity contribution in [3.8, 4) is 44.5 Å². The molecule has 0 spiro atoms. The summed E-state index contributed by atoms with van der Waals surface area (Å²) in [5.74, 6) is 0. The average Bonchev–Trinajstić information content (AvgIpc) is 3.59. The van der Waals surface area contributed by atoms with Gasteiger partial charge in [0.1, 0.15) is 11.2 Å². The second-order valence-corrected chi connectivity index (χ2v) is 10.8. The van der Waals surface area contributed by atoms with Gasteiger partial charge >= 0.3 is 0 Å². The van der Waals surface area contributed by atoms with E-state index in [1.54, 1.807) is 72.8 Å². The van der Waals surface area contributed by atoms with Crippen molar-refractivity contribution in [3.05, 3.63) is 170 Å². The molecule has 8 aromatic carbocycles. The third-order valence-electron chi connectivity index (χ3n) is 8.23. The van der Waals surface area contributed by atoms with Gasteiger partial charge in [-0.2, -0.15) is 0 Å². The largest absolute Gasteiger partial charge is 0.456 e. The quantitative estimate of drug-likeness (QED) is 0.188. The van der Waals surface area contributed by atoms with Gasteiger partial charge in [0.2, 0.25) is 0 Å². The molecule has 0 fully saturated rings. The monoisotopic (exact) mass is 583 g/mol. The van der Waals surface area contributed by atoms with Crippen LogP contribution < -0.4 is 0 Å². The Morgan fingerprint density at radius 3 is 1.80 bits per heavy atom. The van der Waals surface area contributed by atoms with Gasteiger partial charge in [0, 0.05) is 10.8 Å². The van der Waals surface area contributed by atoms with Gasteiger partial charge in [0.05, 0.1) is 15.1 Å². The lowest BCUT2D eigenvalue weighted by molar-refractivity contribution is 0.669. The van der Waals surface area contributed by atoms with Crippen LogP contribution in [0.3, 0.4) is 0 Å². The van der Waals surface area contributed by atoms with E-state index in [2.05, 4.69) is 0 Å². The molecule has 210 valence electrons. The summed E-state index contributed by atoms with van der Waals surface area (Å²) >= 11 is 0. The highest BCUT2D eigenvalue weighted by atomic mass is 16.3. The zero-order valence-electron chi connectivity index (χ0n) is 34.7. The van der Waals surface area contributed by atoms with Gasteiger partial charge in [-0.3, -0.25) is 0 Å². The Morgan fingerprint density at radius 1 is 0.378 bits per heavy atom. The standard InChI is InChI=1S/C44H28O/c1-3-13-29(14-4-1)31-23-25-38-40(27-31)44(35-19-8-7-17-33(35)30-15-5-2-6-16-30)37-21-10-9-20-36(37)43(38)32-24-26-42-39(28-32)34-18-11-12-22-41(34)45-42/h1-28H/i7D,8D,9D,10D,17D,19D,20D,21D,23D,25D,27D. The zero-order chi connectivity index (χ0) is 39.3. The molecule has 45 heavy (non-hydrogen) atoms. The first-order valence-electron chi connectivity index (χ1n) is 20.0. The normalized spacial score (nSPS) is 15.0. The first-order chi connectivity index (χ1) is 26.9. The van der Waals surface area contributed by atoms with E-state index in [-0.39, 0.29) is 73.5 Å². The van der Waals surface area contributed by atoms with Crippen molar-refractivity contribution in [2.24, 2.45) is 0 Å². The fraction of sp³-hybridized carbons (Fsp3) is 0. The molecule has 1 aromatic heterocycles. The van der Waals surface area contributed by atoms with Crippen molar-refractivity contribution in [3.63, 3.8) is 0 Å². The van der Waals surface area contributed by atoms with E-state index in [1.165, 1.54) is 0 Å². The molecule has 9 aromatic rings. The van der Waals surface area contributed by atoms with Crippen LogP contribution in [0.2, 0.25) is 0 Å². The maximum absolute atomic E-state index is 9.97. The summed E-state index contributed by atoms with van der Waals surface area (Å²) in [5, 5.41) is 1.45. The molecule has 0 aliphatic heterocycles. The van der Waals surface area contributed by atoms with Gasteiger partial charge < -0.3 is 4.42 Å². The van der Waals surface area contributed by atoms with E-state index >= 15 is 0 Å². The second-order valence-electron chi connectivity index (χ2n) is 10.8. The molecule has 0 aliphatic carbocycles. The van der Waals surface area contributed by atoms with Crippen LogP contribution in [0.4, 0.5) is 0 Å². The molecule has 0 N–H and O–H groups in total. The molecule has 0 unspecified atom stereocenters. The van der Waals surface area contributed by atoms with Crippen LogP contribution in [0, 0.1) is 0 Å². The Morgan fingerprint density at radius 2 is 1.00 bits per heavy atom. The third kappa shape index (κ3) is 4.17. The topological polar surface area (TPSA) is 13.1 Å². The van der Waals surface area contributed by atoms with Crippen LogP contribution in [-0.4, -0.2) is 0 Å². The van der Waals surface area contributed by atoms with E-state index in [0.29, 0.717) is 33.2 Å². The maximum atomic E-state index is 9.97. The third-order valence-corrected chi connectivity index (χ3v) is 8.23. The highest BCUT2D eigenvalue weighted by molar-refractivity contribution is 6.23. The summed E-state index contributed by atoms with van der Waals surface area (Å²) in [5.41, 5.74) is 2.71. The number of benzene rings is 8. The average molecular weight is 584 g/mol. The van der Waals surface area contributed by atoms with Crippen molar-refractivity contribution in [1.29, 1.82) is 0 Å². The van der Waals surface area contributed by atoms with Gasteiger partial charge in [-0.1, -0.05) is 145 Å². The van der Waals surface area contributed by atoms with E-state index in [9.17, 15) is 9.60 Å². The molecule has 1 heterocycles. The van der Waals surface area contributed by atoms with Crippen LogP contribution >= 0.6 is 0 Å². The Balaban J connectivity index is 1.62. The van der Waals surface area contributed by atoms with E-state index in [0.717, 1.165) is 5.39 Å². The highest BCUT2D eigenvalue weighted by Crippen LogP contribution is 2.47. The van der Waals surface area contributed by atoms with Gasteiger partial charge in [-0.15, -0.1) is 0 Å². The number of hydrogen-bond donors (Lipinski definition) is 0. The molecular formula is C44H28O. The summed E-state index contributed by atoms with van der Waals surface area (Å²) in [7, 11) is 0. The highest BCUT2D eigenvalue weighted by Gasteiger charge is 2.20. The number of rotatable bonds is 4. The van der Waals surface area contributed by atoms with Crippen molar-refractivity contribution >= 4 is 43.5 Å². The van der Waals surface area contributed by atoms with Gasteiger partial charge in [-0.25, -0.2) is 0 Å². The van der Waals surface area contributed by atoms with Crippen LogP contribution in [-0.2, 0) is 0 Å². The molecule has 1 heteroatoms. The SMILES string of the molecule is [2H]c1c([2H])c([2H])c(-c2c3c([2H])c([2H])c([2H])c([2H])c3c(-c3ccc4oc5ccccc5c4c3)c3c([2H])c([2H])c(-c4ccccc4)c([2H])c23)c(-c2ccccc2)c1[2H]. The Labute approximate surface area is 277 Å². The van der Waals surface area contributed by atoms with Gasteiger partial charge in [-0.05, 0) is 90.3 Å². The summed E-state index contributed by atoms with van der Waals surface area (Å²) in [6.45, 7) is 0. The minimum atomic E-state index is -0.578. The Kier molecular flexibility index (Phi) is 3.87. The van der Waals surface area contributed by atoms with Crippen LogP contribution in [0.5, 0.6) is 0 Å². The summed E-state index contributed by atoms with van der Waals surface area (Å²) in [6, 6.07) is 25.2. The van der Waals surface area contributed by atoms with Crippen molar-refractivity contribution in [1.82, 2.24) is 0 Å². The molecule has 0 aliphatic rings. The number of fused-ring (bicyclic) bond motifs is 5. The van der Waals surface area contributed by atoms with Gasteiger partial charge in [0.25, 0.3) is 0 Å². The lowest BCUT2D eigenvalue weighted by Gasteiger charge is -2.20. The Hall–Kier alpha value is -5.92. The van der Waals surface area contributed by atoms with Crippen molar-refractivity contribution in [2.75, 3.05) is 0 Å². The predicted molar refractivity (Wildman–Crippen MR) is 190 cm³/mol. The molecule has 0 saturated heterocycles. The minimum Gasteiger partial charge on any atom is -0.456 e. The van der Waals surface area contributed by atoms with Crippen molar-refractivity contribution < 1.29 is 19.5 Å². The lowest BCUT2D eigenvalue weighted by atomic mass is 9.83. The molecule has 0 atom stereocenters. The van der Waals surface area contributed by atoms with Crippen LogP contribution in [0.15, 0.2) is 174 Å². The number of furan rings is 1. The Bertz CT molecular complexity index is 3140. The summed E-state index contributed by atoms with van der Waals surface area (Å²) < 4.78 is 108. The molecular weight excluding hydrogens is 544 g/mol. The van der Waals surface area contributed by atoms with Crippen molar-refractivity contribution in [2.45, 2.75) is 0 Å². The second kappa shape index (κ2) is 10.4. The molecule has 0 bridgehead atoms. The summed E-state index contributed by atoms with van der Waals surface area (Å²) in [4.78, 5) is 0. The molecule has 0 saturated carbocycles. The fourth-order valence-electron chi connectivity index (χ4n) is 6.21. The maximum Gasteiger partial charge on any atom is 0.135 e. The number of para-hydroxylation sites is 1. The van der Waals surface area contributed by atoms with E-state index < -0.39 is 42.3 Å². The van der Waals surface area contributed by atoms with Crippen LogP contribution in [0.25, 0.3) is 88.0 Å². The number of hydrogen-bond acceptors (Lipinski definition) is 1. The summed E-state index contributed by atoms with van der Waals surface area (Å²) in [6.07, 6.45) is 0. The smallest absolute Gasteiger partial charge is 0.135 e. The molecule has 9 rings (SSSR count). The zero-order valence-corrected chi connectivity index (χ0v) is 23.7. The van der Waals surface area contributed by atoms with E-state index in [1.807, 2.05) is 30.3 Å². The first-order valence-corrected chi connectivity index (χ1v) is 14.5. The molecule has 0 radical (unpaired) electrons.